The van der Waals surface area contributed by atoms with E-state index in [1.807, 2.05) is 20.1 Å². The molecule has 0 spiro atoms. The number of hydrogen-bond donors (Lipinski definition) is 2. The first-order valence-electron chi connectivity index (χ1n) is 6.14. The summed E-state index contributed by atoms with van der Waals surface area (Å²) >= 11 is 1.51. The Morgan fingerprint density at radius 2 is 2.00 bits per heavy atom. The zero-order chi connectivity index (χ0) is 16.3. The zero-order valence-corrected chi connectivity index (χ0v) is 14.0. The average molecular weight is 333 g/mol. The van der Waals surface area contributed by atoms with Crippen LogP contribution in [0.15, 0.2) is 23.1 Å². The molecule has 7 nitrogen and oxygen atoms in total. The first-order chi connectivity index (χ1) is 9.63. The maximum Gasteiger partial charge on any atom is 0.289 e. The molecule has 0 aliphatic heterocycles. The Bertz CT molecular complexity index is 629. The van der Waals surface area contributed by atoms with Crippen LogP contribution in [0.5, 0.6) is 0 Å². The molecule has 0 radical (unpaired) electrons. The molecule has 0 bridgehead atoms. The lowest BCUT2D eigenvalue weighted by atomic mass is 10.2. The standard InChI is InChI=1S/C12H19N3O4S2/c1-12(2,20-4)8-14-21(18,19)11-7-9(13-3)5-6-10(11)15(16)17/h5-7,13-14H,8H2,1-4H3. The molecule has 0 unspecified atom stereocenters. The van der Waals surface area contributed by atoms with Crippen LogP contribution in [0, 0.1) is 10.1 Å². The summed E-state index contributed by atoms with van der Waals surface area (Å²) in [7, 11) is -2.34. The number of nitro groups is 1. The molecule has 0 aliphatic rings. The molecular weight excluding hydrogens is 314 g/mol. The molecule has 0 heterocycles. The van der Waals surface area contributed by atoms with E-state index in [0.717, 1.165) is 0 Å². The predicted molar refractivity (Wildman–Crippen MR) is 85.4 cm³/mol. The van der Waals surface area contributed by atoms with E-state index in [1.54, 1.807) is 7.05 Å². The summed E-state index contributed by atoms with van der Waals surface area (Å²) < 4.78 is 26.8. The van der Waals surface area contributed by atoms with Gasteiger partial charge in [-0.2, -0.15) is 11.8 Å². The smallest absolute Gasteiger partial charge is 0.289 e. The van der Waals surface area contributed by atoms with Crippen LogP contribution in [-0.2, 0) is 10.0 Å². The summed E-state index contributed by atoms with van der Waals surface area (Å²) in [6, 6.07) is 3.90. The number of anilines is 1. The lowest BCUT2D eigenvalue weighted by Gasteiger charge is -2.22. The van der Waals surface area contributed by atoms with Gasteiger partial charge in [-0.05, 0) is 32.2 Å². The van der Waals surface area contributed by atoms with Crippen molar-refractivity contribution in [2.45, 2.75) is 23.5 Å². The Morgan fingerprint density at radius 1 is 1.38 bits per heavy atom. The van der Waals surface area contributed by atoms with Crippen LogP contribution in [-0.4, -0.2) is 37.9 Å². The molecule has 1 rings (SSSR count). The molecule has 0 amide bonds. The molecule has 0 atom stereocenters. The first kappa shape index (κ1) is 17.7. The van der Waals surface area contributed by atoms with Crippen molar-refractivity contribution in [3.63, 3.8) is 0 Å². The Hall–Kier alpha value is -1.32. The highest BCUT2D eigenvalue weighted by molar-refractivity contribution is 8.00. The SMILES string of the molecule is CNc1ccc([N+](=O)[O-])c(S(=O)(=O)NCC(C)(C)SC)c1. The number of hydrogen-bond acceptors (Lipinski definition) is 6. The number of nitro benzene ring substituents is 1. The highest BCUT2D eigenvalue weighted by Crippen LogP contribution is 2.27. The second-order valence-corrected chi connectivity index (χ2v) is 8.23. The Labute approximate surface area is 128 Å². The summed E-state index contributed by atoms with van der Waals surface area (Å²) in [6.07, 6.45) is 1.87. The minimum Gasteiger partial charge on any atom is -0.388 e. The predicted octanol–water partition coefficient (Wildman–Crippen LogP) is 2.06. The maximum atomic E-state index is 12.3. The van der Waals surface area contributed by atoms with Crippen molar-refractivity contribution in [3.8, 4) is 0 Å². The fourth-order valence-electron chi connectivity index (χ4n) is 1.45. The number of sulfonamides is 1. The van der Waals surface area contributed by atoms with Crippen LogP contribution in [0.4, 0.5) is 11.4 Å². The number of nitrogens with one attached hydrogen (secondary N) is 2. The van der Waals surface area contributed by atoms with Gasteiger partial charge in [0.15, 0.2) is 4.90 Å². The van der Waals surface area contributed by atoms with E-state index in [9.17, 15) is 18.5 Å². The van der Waals surface area contributed by atoms with Crippen LogP contribution in [0.3, 0.4) is 0 Å². The third-order valence-corrected chi connectivity index (χ3v) is 5.66. The van der Waals surface area contributed by atoms with Gasteiger partial charge < -0.3 is 5.32 Å². The van der Waals surface area contributed by atoms with Crippen molar-refractivity contribution in [1.29, 1.82) is 0 Å². The van der Waals surface area contributed by atoms with Gasteiger partial charge in [0.05, 0.1) is 4.92 Å². The molecule has 1 aromatic rings. The molecule has 118 valence electrons. The van der Waals surface area contributed by atoms with Crippen molar-refractivity contribution in [2.24, 2.45) is 0 Å². The highest BCUT2D eigenvalue weighted by Gasteiger charge is 2.28. The Kier molecular flexibility index (Phi) is 5.60. The fourth-order valence-corrected chi connectivity index (χ4v) is 3.17. The van der Waals surface area contributed by atoms with Gasteiger partial charge in [-0.15, -0.1) is 0 Å². The van der Waals surface area contributed by atoms with Crippen LogP contribution in [0.2, 0.25) is 0 Å². The van der Waals surface area contributed by atoms with Crippen LogP contribution < -0.4 is 10.0 Å². The van der Waals surface area contributed by atoms with E-state index < -0.39 is 20.6 Å². The van der Waals surface area contributed by atoms with Crippen molar-refractivity contribution >= 4 is 33.2 Å². The summed E-state index contributed by atoms with van der Waals surface area (Å²) in [5.41, 5.74) is 0.0496. The van der Waals surface area contributed by atoms with Gasteiger partial charge in [-0.1, -0.05) is 0 Å². The molecule has 0 saturated heterocycles. The van der Waals surface area contributed by atoms with E-state index >= 15 is 0 Å². The second-order valence-electron chi connectivity index (χ2n) is 4.98. The topological polar surface area (TPSA) is 101 Å². The minimum absolute atomic E-state index is 0.178. The lowest BCUT2D eigenvalue weighted by molar-refractivity contribution is -0.387. The third-order valence-electron chi connectivity index (χ3n) is 2.98. The van der Waals surface area contributed by atoms with Gasteiger partial charge in [-0.3, -0.25) is 10.1 Å². The Morgan fingerprint density at radius 3 is 2.48 bits per heavy atom. The van der Waals surface area contributed by atoms with Crippen LogP contribution in [0.25, 0.3) is 0 Å². The van der Waals surface area contributed by atoms with Gasteiger partial charge in [0.2, 0.25) is 10.0 Å². The van der Waals surface area contributed by atoms with Crippen molar-refractivity contribution in [2.75, 3.05) is 25.2 Å². The summed E-state index contributed by atoms with van der Waals surface area (Å²) in [6.45, 7) is 3.95. The quantitative estimate of drug-likeness (QED) is 0.585. The van der Waals surface area contributed by atoms with Crippen molar-refractivity contribution < 1.29 is 13.3 Å². The molecule has 1 aromatic carbocycles. The van der Waals surface area contributed by atoms with E-state index in [0.29, 0.717) is 5.69 Å². The summed E-state index contributed by atoms with van der Waals surface area (Å²) in [4.78, 5) is 9.98. The van der Waals surface area contributed by atoms with Gasteiger partial charge in [-0.25, -0.2) is 13.1 Å². The normalized spacial score (nSPS) is 12.2. The van der Waals surface area contributed by atoms with Crippen LogP contribution >= 0.6 is 11.8 Å². The summed E-state index contributed by atoms with van der Waals surface area (Å²) in [5.74, 6) is 0. The number of rotatable bonds is 7. The average Bonchev–Trinajstić information content (AvgIpc) is 2.44. The van der Waals surface area contributed by atoms with Crippen molar-refractivity contribution in [1.82, 2.24) is 4.72 Å². The zero-order valence-electron chi connectivity index (χ0n) is 12.3. The molecule has 9 heteroatoms. The first-order valence-corrected chi connectivity index (χ1v) is 8.85. The molecule has 2 N–H and O–H groups in total. The van der Waals surface area contributed by atoms with Gasteiger partial charge >= 0.3 is 0 Å². The maximum absolute atomic E-state index is 12.3. The molecule has 0 fully saturated rings. The van der Waals surface area contributed by atoms with E-state index in [1.165, 1.54) is 30.0 Å². The minimum atomic E-state index is -3.96. The van der Waals surface area contributed by atoms with E-state index in [-0.39, 0.29) is 16.2 Å². The Balaban J connectivity index is 3.20. The van der Waals surface area contributed by atoms with Gasteiger partial charge in [0.25, 0.3) is 5.69 Å². The van der Waals surface area contributed by atoms with Crippen molar-refractivity contribution in [3.05, 3.63) is 28.3 Å². The summed E-state index contributed by atoms with van der Waals surface area (Å²) in [5, 5.41) is 13.8. The van der Waals surface area contributed by atoms with Crippen LogP contribution in [0.1, 0.15) is 13.8 Å². The van der Waals surface area contributed by atoms with Gasteiger partial charge in [0.1, 0.15) is 0 Å². The van der Waals surface area contributed by atoms with E-state index in [4.69, 9.17) is 0 Å². The largest absolute Gasteiger partial charge is 0.388 e. The fraction of sp³-hybridized carbons (Fsp3) is 0.500. The van der Waals surface area contributed by atoms with E-state index in [2.05, 4.69) is 10.0 Å². The monoisotopic (exact) mass is 333 g/mol. The second kappa shape index (κ2) is 6.63. The number of benzene rings is 1. The van der Waals surface area contributed by atoms with Gasteiger partial charge in [0, 0.05) is 30.1 Å². The third kappa shape index (κ3) is 4.58. The molecule has 0 saturated carbocycles. The number of thioether (sulfide) groups is 1. The molecule has 0 aromatic heterocycles. The number of nitrogens with zero attached hydrogens (tertiary/aromatic N) is 1. The molecular formula is C12H19N3O4S2. The lowest BCUT2D eigenvalue weighted by Crippen LogP contribution is -2.36. The molecule has 0 aliphatic carbocycles. The highest BCUT2D eigenvalue weighted by atomic mass is 32.2. The molecule has 21 heavy (non-hydrogen) atoms.